The predicted octanol–water partition coefficient (Wildman–Crippen LogP) is 1.09. The Balaban J connectivity index is 1.42. The Hall–Kier alpha value is -2.58. The topological polar surface area (TPSA) is 73.9 Å². The van der Waals surface area contributed by atoms with E-state index in [-0.39, 0.29) is 0 Å². The molecule has 3 aromatic rings. The first-order valence-electron chi connectivity index (χ1n) is 9.49. The zero-order chi connectivity index (χ0) is 18.1. The van der Waals surface area contributed by atoms with Crippen LogP contribution in [0.2, 0.25) is 0 Å². The van der Waals surface area contributed by atoms with Crippen LogP contribution in [0.3, 0.4) is 0 Å². The lowest BCUT2D eigenvalue weighted by Gasteiger charge is -2.26. The summed E-state index contributed by atoms with van der Waals surface area (Å²) in [7, 11) is 0. The highest BCUT2D eigenvalue weighted by atomic mass is 16.5. The molecule has 0 unspecified atom stereocenters. The van der Waals surface area contributed by atoms with E-state index in [1.807, 2.05) is 0 Å². The molecule has 8 nitrogen and oxygen atoms in total. The fourth-order valence-electron chi connectivity index (χ4n) is 4.00. The molecule has 1 aliphatic heterocycles. The second-order valence-corrected chi connectivity index (χ2v) is 7.20. The minimum atomic E-state index is 0.329. The molecule has 2 aliphatic rings. The molecule has 0 bridgehead atoms. The first-order chi connectivity index (χ1) is 13.3. The Morgan fingerprint density at radius 1 is 1.04 bits per heavy atom. The minimum absolute atomic E-state index is 0.329. The Kier molecular flexibility index (Phi) is 4.43. The molecule has 140 valence electrons. The number of hydrogen-bond acceptors (Lipinski definition) is 6. The summed E-state index contributed by atoms with van der Waals surface area (Å²) >= 11 is 0. The van der Waals surface area contributed by atoms with Crippen LogP contribution in [0, 0.1) is 0 Å². The van der Waals surface area contributed by atoms with Crippen molar-refractivity contribution in [3.8, 4) is 0 Å². The van der Waals surface area contributed by atoms with E-state index in [2.05, 4.69) is 43.9 Å². The van der Waals surface area contributed by atoms with Gasteiger partial charge < -0.3 is 4.74 Å². The van der Waals surface area contributed by atoms with Crippen LogP contribution in [0.1, 0.15) is 28.8 Å². The van der Waals surface area contributed by atoms with Crippen LogP contribution in [0.25, 0.3) is 0 Å². The molecule has 0 N–H and O–H groups in total. The monoisotopic (exact) mass is 365 g/mol. The third-order valence-corrected chi connectivity index (χ3v) is 5.36. The molecule has 0 atom stereocenters. The SMILES string of the molecule is c1ccc2c(c1)CC(n1nc(Cn3cncn3)nc1CN1CCOCC1)C2. The van der Waals surface area contributed by atoms with Gasteiger partial charge in [0, 0.05) is 13.1 Å². The van der Waals surface area contributed by atoms with E-state index in [1.54, 1.807) is 17.3 Å². The van der Waals surface area contributed by atoms with Crippen LogP contribution in [-0.4, -0.2) is 60.7 Å². The van der Waals surface area contributed by atoms with E-state index >= 15 is 0 Å². The lowest BCUT2D eigenvalue weighted by atomic mass is 10.1. The molecule has 0 amide bonds. The quantitative estimate of drug-likeness (QED) is 0.674. The molecule has 1 saturated heterocycles. The van der Waals surface area contributed by atoms with Gasteiger partial charge in [0.25, 0.3) is 0 Å². The molecular formula is C19H23N7O. The highest BCUT2D eigenvalue weighted by Gasteiger charge is 2.27. The van der Waals surface area contributed by atoms with Gasteiger partial charge >= 0.3 is 0 Å². The Bertz CT molecular complexity index is 874. The summed E-state index contributed by atoms with van der Waals surface area (Å²) in [5.74, 6) is 1.82. The second kappa shape index (κ2) is 7.21. The van der Waals surface area contributed by atoms with E-state index in [4.69, 9.17) is 14.8 Å². The molecule has 0 radical (unpaired) electrons. The fourth-order valence-corrected chi connectivity index (χ4v) is 4.00. The number of rotatable bonds is 5. The van der Waals surface area contributed by atoms with E-state index in [0.717, 1.165) is 57.3 Å². The maximum absolute atomic E-state index is 5.48. The van der Waals surface area contributed by atoms with Gasteiger partial charge in [-0.3, -0.25) is 4.90 Å². The largest absolute Gasteiger partial charge is 0.379 e. The lowest BCUT2D eigenvalue weighted by Crippen LogP contribution is -2.36. The zero-order valence-corrected chi connectivity index (χ0v) is 15.2. The van der Waals surface area contributed by atoms with Gasteiger partial charge in [-0.1, -0.05) is 24.3 Å². The Morgan fingerprint density at radius 2 is 1.81 bits per heavy atom. The summed E-state index contributed by atoms with van der Waals surface area (Å²) in [5, 5.41) is 9.06. The Labute approximate surface area is 157 Å². The summed E-state index contributed by atoms with van der Waals surface area (Å²) < 4.78 is 9.40. The van der Waals surface area contributed by atoms with Crippen molar-refractivity contribution >= 4 is 0 Å². The van der Waals surface area contributed by atoms with Crippen LogP contribution >= 0.6 is 0 Å². The van der Waals surface area contributed by atoms with Gasteiger partial charge in [-0.2, -0.15) is 10.2 Å². The number of nitrogens with zero attached hydrogens (tertiary/aromatic N) is 7. The number of aromatic nitrogens is 6. The molecule has 27 heavy (non-hydrogen) atoms. The van der Waals surface area contributed by atoms with Crippen molar-refractivity contribution in [2.75, 3.05) is 26.3 Å². The van der Waals surface area contributed by atoms with Crippen molar-refractivity contribution < 1.29 is 4.74 Å². The molecule has 0 saturated carbocycles. The van der Waals surface area contributed by atoms with Crippen LogP contribution in [0.5, 0.6) is 0 Å². The van der Waals surface area contributed by atoms with Crippen LogP contribution < -0.4 is 0 Å². The second-order valence-electron chi connectivity index (χ2n) is 7.20. The first-order valence-corrected chi connectivity index (χ1v) is 9.49. The fraction of sp³-hybridized carbons (Fsp3) is 0.474. The normalized spacial score (nSPS) is 18.1. The summed E-state index contributed by atoms with van der Waals surface area (Å²) in [6.07, 6.45) is 5.27. The van der Waals surface area contributed by atoms with Crippen molar-refractivity contribution in [1.29, 1.82) is 0 Å². The van der Waals surface area contributed by atoms with Crippen LogP contribution in [0.15, 0.2) is 36.9 Å². The van der Waals surface area contributed by atoms with Gasteiger partial charge in [0.2, 0.25) is 0 Å². The van der Waals surface area contributed by atoms with Crippen molar-refractivity contribution in [2.24, 2.45) is 0 Å². The molecule has 0 spiro atoms. The van der Waals surface area contributed by atoms with Crippen LogP contribution in [0.4, 0.5) is 0 Å². The molecular weight excluding hydrogens is 342 g/mol. The first kappa shape index (κ1) is 16.6. The number of hydrogen-bond donors (Lipinski definition) is 0. The molecule has 8 heteroatoms. The van der Waals surface area contributed by atoms with Crippen molar-refractivity contribution in [3.05, 3.63) is 59.7 Å². The molecule has 5 rings (SSSR count). The molecule has 2 aromatic heterocycles. The van der Waals surface area contributed by atoms with E-state index in [1.165, 1.54) is 11.1 Å². The molecule has 3 heterocycles. The van der Waals surface area contributed by atoms with Crippen molar-refractivity contribution in [2.45, 2.75) is 32.0 Å². The third-order valence-electron chi connectivity index (χ3n) is 5.36. The standard InChI is InChI=1S/C19H23N7O/c1-2-4-16-10-17(9-15(16)3-1)26-19(12-24-5-7-27-8-6-24)22-18(23-26)11-25-14-20-13-21-25/h1-4,13-14,17H,5-12H2. The predicted molar refractivity (Wildman–Crippen MR) is 98.1 cm³/mol. The number of morpholine rings is 1. The highest BCUT2D eigenvalue weighted by molar-refractivity contribution is 5.32. The van der Waals surface area contributed by atoms with E-state index < -0.39 is 0 Å². The summed E-state index contributed by atoms with van der Waals surface area (Å²) in [5.41, 5.74) is 2.85. The zero-order valence-electron chi connectivity index (χ0n) is 15.2. The molecule has 1 fully saturated rings. The molecule has 1 aromatic carbocycles. The van der Waals surface area contributed by atoms with E-state index in [0.29, 0.717) is 12.6 Å². The highest BCUT2D eigenvalue weighted by Crippen LogP contribution is 2.30. The maximum Gasteiger partial charge on any atom is 0.172 e. The lowest BCUT2D eigenvalue weighted by molar-refractivity contribution is 0.0322. The van der Waals surface area contributed by atoms with Gasteiger partial charge in [-0.15, -0.1) is 0 Å². The number of fused-ring (bicyclic) bond motifs is 1. The average Bonchev–Trinajstić information content (AvgIpc) is 3.42. The van der Waals surface area contributed by atoms with Gasteiger partial charge in [-0.25, -0.2) is 19.3 Å². The maximum atomic E-state index is 5.48. The summed E-state index contributed by atoms with van der Waals surface area (Å²) in [6, 6.07) is 9.02. The molecule has 1 aliphatic carbocycles. The third kappa shape index (κ3) is 3.50. The number of ether oxygens (including phenoxy) is 1. The van der Waals surface area contributed by atoms with E-state index in [9.17, 15) is 0 Å². The number of benzene rings is 1. The van der Waals surface area contributed by atoms with Gasteiger partial charge in [0.15, 0.2) is 5.82 Å². The van der Waals surface area contributed by atoms with Crippen molar-refractivity contribution in [3.63, 3.8) is 0 Å². The van der Waals surface area contributed by atoms with Gasteiger partial charge in [-0.05, 0) is 24.0 Å². The van der Waals surface area contributed by atoms with Gasteiger partial charge in [0.1, 0.15) is 25.0 Å². The van der Waals surface area contributed by atoms with Crippen LogP contribution in [-0.2, 0) is 30.7 Å². The summed E-state index contributed by atoms with van der Waals surface area (Å²) in [4.78, 5) is 11.3. The smallest absolute Gasteiger partial charge is 0.172 e. The van der Waals surface area contributed by atoms with Crippen molar-refractivity contribution in [1.82, 2.24) is 34.4 Å². The van der Waals surface area contributed by atoms with Gasteiger partial charge in [0.05, 0.1) is 25.8 Å². The average molecular weight is 365 g/mol. The summed E-state index contributed by atoms with van der Waals surface area (Å²) in [6.45, 7) is 4.80. The Morgan fingerprint density at radius 3 is 2.52 bits per heavy atom. The minimum Gasteiger partial charge on any atom is -0.379 e.